The fourth-order valence-corrected chi connectivity index (χ4v) is 5.60. The summed E-state index contributed by atoms with van der Waals surface area (Å²) >= 11 is 1.12. The molecule has 2 N–H and O–H groups in total. The summed E-state index contributed by atoms with van der Waals surface area (Å²) in [4.78, 5) is 24.9. The van der Waals surface area contributed by atoms with E-state index < -0.39 is 17.9 Å². The number of hydrogen-bond acceptors (Lipinski definition) is 6. The minimum atomic E-state index is -1.61. The van der Waals surface area contributed by atoms with Crippen molar-refractivity contribution in [2.75, 3.05) is 12.4 Å². The van der Waals surface area contributed by atoms with Crippen LogP contribution in [-0.2, 0) is 20.7 Å². The van der Waals surface area contributed by atoms with Crippen LogP contribution in [0.5, 0.6) is 0 Å². The highest BCUT2D eigenvalue weighted by atomic mass is 32.2. The lowest BCUT2D eigenvalue weighted by atomic mass is 9.86. The van der Waals surface area contributed by atoms with Crippen molar-refractivity contribution in [3.05, 3.63) is 47.0 Å². The van der Waals surface area contributed by atoms with Crippen LogP contribution >= 0.6 is 11.8 Å². The molecular formula is C24H31NO5S. The second-order valence-corrected chi connectivity index (χ2v) is 9.96. The van der Waals surface area contributed by atoms with Gasteiger partial charge in [0.25, 0.3) is 5.24 Å². The van der Waals surface area contributed by atoms with E-state index in [4.69, 9.17) is 9.47 Å². The van der Waals surface area contributed by atoms with Crippen molar-refractivity contribution in [3.63, 3.8) is 0 Å². The van der Waals surface area contributed by atoms with Crippen LogP contribution in [0.2, 0.25) is 0 Å². The average Bonchev–Trinajstić information content (AvgIpc) is 3.19. The molecule has 4 rings (SSSR count). The minimum Gasteiger partial charge on any atom is -0.374 e. The number of ether oxygens (including phenoxy) is 2. The zero-order valence-corrected chi connectivity index (χ0v) is 19.0. The Morgan fingerprint density at radius 1 is 1.23 bits per heavy atom. The van der Waals surface area contributed by atoms with Crippen LogP contribution in [0.15, 0.2) is 35.9 Å². The van der Waals surface area contributed by atoms with Gasteiger partial charge in [-0.3, -0.25) is 9.59 Å². The molecule has 2 saturated heterocycles. The summed E-state index contributed by atoms with van der Waals surface area (Å²) < 4.78 is 12.1. The van der Waals surface area contributed by atoms with E-state index in [0.29, 0.717) is 25.2 Å². The number of hydrogen-bond donors (Lipinski definition) is 2. The number of rotatable bonds is 1. The number of carbonyl (C=O) groups is 2. The highest BCUT2D eigenvalue weighted by molar-refractivity contribution is 8.14. The summed E-state index contributed by atoms with van der Waals surface area (Å²) in [5, 5.41) is 13.9. The molecule has 1 amide bonds. The number of carbonyl (C=O) groups excluding carboxylic acids is 2. The van der Waals surface area contributed by atoms with Crippen molar-refractivity contribution in [1.29, 1.82) is 0 Å². The SMILES string of the molecule is CC1=CCO[C@@H]2C[C@@H](O[C@@](O)([C@@H]3CSC(=O)N3)C2)C(=O)C[C@H](C)c2ccccc2CC1. The Morgan fingerprint density at radius 2 is 2.03 bits per heavy atom. The molecule has 0 aliphatic carbocycles. The summed E-state index contributed by atoms with van der Waals surface area (Å²) in [7, 11) is 0. The van der Waals surface area contributed by atoms with Crippen molar-refractivity contribution < 1.29 is 24.2 Å². The molecule has 1 aromatic carbocycles. The van der Waals surface area contributed by atoms with Crippen LogP contribution in [0.25, 0.3) is 0 Å². The first-order valence-electron chi connectivity index (χ1n) is 11.1. The van der Waals surface area contributed by atoms with Crippen LogP contribution in [0, 0.1) is 0 Å². The van der Waals surface area contributed by atoms with Crippen LogP contribution in [-0.4, -0.2) is 52.5 Å². The number of benzene rings is 1. The number of aliphatic hydroxyl groups is 1. The van der Waals surface area contributed by atoms with Gasteiger partial charge in [-0.15, -0.1) is 0 Å². The first-order chi connectivity index (χ1) is 14.8. The summed E-state index contributed by atoms with van der Waals surface area (Å²) in [5.74, 6) is -1.18. The molecule has 6 nitrogen and oxygen atoms in total. The Morgan fingerprint density at radius 3 is 2.81 bits per heavy atom. The maximum absolute atomic E-state index is 13.2. The predicted molar refractivity (Wildman–Crippen MR) is 120 cm³/mol. The lowest BCUT2D eigenvalue weighted by molar-refractivity contribution is -0.279. The highest BCUT2D eigenvalue weighted by Gasteiger charge is 2.50. The van der Waals surface area contributed by atoms with E-state index in [1.165, 1.54) is 16.7 Å². The maximum atomic E-state index is 13.2. The standard InChI is InChI=1S/C24H31NO5S/c1-15-7-8-17-5-3-4-6-19(17)16(2)11-20(26)21-12-18(29-10-9-15)13-24(28,30-21)22-14-31-23(27)25-22/h3-6,9,16,18,21-22,28H,7-8,10-14H2,1-2H3,(H,25,27)/t16-,18+,21+,22-,24+/m0/s1. The van der Waals surface area contributed by atoms with Gasteiger partial charge in [0.15, 0.2) is 11.6 Å². The van der Waals surface area contributed by atoms with Crippen LogP contribution in [0.1, 0.15) is 56.6 Å². The number of ketones is 1. The molecule has 2 bridgehead atoms. The Labute approximate surface area is 187 Å². The van der Waals surface area contributed by atoms with E-state index in [1.807, 2.05) is 12.1 Å². The first kappa shape index (κ1) is 22.5. The van der Waals surface area contributed by atoms with Crippen molar-refractivity contribution >= 4 is 22.8 Å². The number of fused-ring (bicyclic) bond motifs is 3. The van der Waals surface area contributed by atoms with Gasteiger partial charge in [-0.05, 0) is 36.8 Å². The Bertz CT molecular complexity index is 871. The van der Waals surface area contributed by atoms with Crippen molar-refractivity contribution in [3.8, 4) is 0 Å². The Hall–Kier alpha value is -1.67. The first-order valence-corrected chi connectivity index (χ1v) is 12.0. The number of aryl methyl sites for hydroxylation is 1. The van der Waals surface area contributed by atoms with Gasteiger partial charge in [0, 0.05) is 25.0 Å². The van der Waals surface area contributed by atoms with Crippen LogP contribution < -0.4 is 5.32 Å². The number of amides is 1. The molecule has 7 heteroatoms. The molecule has 0 radical (unpaired) electrons. The maximum Gasteiger partial charge on any atom is 0.279 e. The van der Waals surface area contributed by atoms with Crippen LogP contribution in [0.3, 0.4) is 0 Å². The Kier molecular flexibility index (Phi) is 6.86. The van der Waals surface area contributed by atoms with Gasteiger partial charge in [0.05, 0.1) is 18.8 Å². The van der Waals surface area contributed by atoms with Gasteiger partial charge in [-0.1, -0.05) is 54.6 Å². The lowest BCUT2D eigenvalue weighted by Gasteiger charge is -2.43. The van der Waals surface area contributed by atoms with E-state index in [1.54, 1.807) is 0 Å². The largest absolute Gasteiger partial charge is 0.374 e. The second kappa shape index (κ2) is 9.45. The number of allylic oxidation sites excluding steroid dienone is 1. The molecule has 31 heavy (non-hydrogen) atoms. The molecule has 0 saturated carbocycles. The molecule has 3 heterocycles. The molecule has 2 fully saturated rings. The quantitative estimate of drug-likeness (QED) is 0.641. The number of thioether (sulfide) groups is 1. The van der Waals surface area contributed by atoms with Crippen LogP contribution in [0.4, 0.5) is 4.79 Å². The molecule has 3 aliphatic heterocycles. The fraction of sp³-hybridized carbons (Fsp3) is 0.583. The summed E-state index contributed by atoms with van der Waals surface area (Å²) in [5.41, 5.74) is 3.71. The molecule has 3 aliphatic rings. The lowest BCUT2D eigenvalue weighted by Crippen LogP contribution is -2.59. The predicted octanol–water partition coefficient (Wildman–Crippen LogP) is 3.72. The van der Waals surface area contributed by atoms with Crippen molar-refractivity contribution in [2.45, 2.75) is 75.9 Å². The number of nitrogens with one attached hydrogen (secondary N) is 1. The third-order valence-corrected chi connectivity index (χ3v) is 7.45. The van der Waals surface area contributed by atoms with E-state index >= 15 is 0 Å². The van der Waals surface area contributed by atoms with Crippen molar-refractivity contribution in [1.82, 2.24) is 5.32 Å². The van der Waals surface area contributed by atoms with Gasteiger partial charge in [0.2, 0.25) is 0 Å². The highest BCUT2D eigenvalue weighted by Crippen LogP contribution is 2.37. The van der Waals surface area contributed by atoms with E-state index in [0.717, 1.165) is 24.6 Å². The smallest absolute Gasteiger partial charge is 0.279 e. The normalized spacial score (nSPS) is 35.0. The molecule has 5 atom stereocenters. The average molecular weight is 446 g/mol. The second-order valence-electron chi connectivity index (χ2n) is 8.96. The summed E-state index contributed by atoms with van der Waals surface area (Å²) in [6.07, 6.45) is 3.86. The van der Waals surface area contributed by atoms with Gasteiger partial charge in [-0.2, -0.15) is 0 Å². The fourth-order valence-electron chi connectivity index (χ4n) is 4.71. The molecule has 1 aromatic rings. The van der Waals surface area contributed by atoms with Crippen molar-refractivity contribution in [2.24, 2.45) is 0 Å². The molecule has 0 aromatic heterocycles. The monoisotopic (exact) mass is 445 g/mol. The minimum absolute atomic E-state index is 0.0326. The number of Topliss-reactive ketones (excluding diaryl/α,β-unsaturated/α-hetero) is 1. The Balaban J connectivity index is 1.61. The zero-order valence-electron chi connectivity index (χ0n) is 18.1. The summed E-state index contributed by atoms with van der Waals surface area (Å²) in [6.45, 7) is 4.61. The third-order valence-electron chi connectivity index (χ3n) is 6.57. The summed E-state index contributed by atoms with van der Waals surface area (Å²) in [6, 6.07) is 7.75. The zero-order chi connectivity index (χ0) is 22.0. The molecule has 0 spiro atoms. The van der Waals surface area contributed by atoms with E-state index in [2.05, 4.69) is 37.4 Å². The molecular weight excluding hydrogens is 414 g/mol. The van der Waals surface area contributed by atoms with E-state index in [9.17, 15) is 14.7 Å². The van der Waals surface area contributed by atoms with E-state index in [-0.39, 0.29) is 29.5 Å². The van der Waals surface area contributed by atoms with Gasteiger partial charge in [0.1, 0.15) is 6.10 Å². The van der Waals surface area contributed by atoms with Gasteiger partial charge in [-0.25, -0.2) is 0 Å². The molecule has 168 valence electrons. The van der Waals surface area contributed by atoms with Gasteiger partial charge < -0.3 is 19.9 Å². The topological polar surface area (TPSA) is 84.9 Å². The third kappa shape index (κ3) is 5.22. The van der Waals surface area contributed by atoms with Gasteiger partial charge >= 0.3 is 0 Å². The molecule has 0 unspecified atom stereocenters.